The molecule has 4 amide bonds. The summed E-state index contributed by atoms with van der Waals surface area (Å²) in [4.78, 5) is 60.9. The first-order valence-corrected chi connectivity index (χ1v) is 10.1. The van der Waals surface area contributed by atoms with Crippen molar-refractivity contribution in [2.45, 2.75) is 20.8 Å². The maximum Gasteiger partial charge on any atom is 0.308 e. The Morgan fingerprint density at radius 3 is 1.35 bits per heavy atom. The van der Waals surface area contributed by atoms with Gasteiger partial charge in [-0.2, -0.15) is 0 Å². The third-order valence-corrected chi connectivity index (χ3v) is 4.54. The van der Waals surface area contributed by atoms with E-state index in [1.807, 2.05) is 0 Å². The number of nitrogens with zero attached hydrogens (tertiary/aromatic N) is 2. The van der Waals surface area contributed by atoms with Gasteiger partial charge in [0.25, 0.3) is 0 Å². The largest absolute Gasteiger partial charge is 0.497 e. The molecule has 0 N–H and O–H groups in total. The highest BCUT2D eigenvalue weighted by Crippen LogP contribution is 2.26. The second kappa shape index (κ2) is 11.9. The lowest BCUT2D eigenvalue weighted by molar-refractivity contribution is -0.137. The van der Waals surface area contributed by atoms with E-state index < -0.39 is 17.8 Å². The van der Waals surface area contributed by atoms with Crippen LogP contribution in [0.2, 0.25) is 0 Å². The summed E-state index contributed by atoms with van der Waals surface area (Å²) in [5, 5.41) is 0. The van der Waals surface area contributed by atoms with Gasteiger partial charge in [0, 0.05) is 20.8 Å². The van der Waals surface area contributed by atoms with Crippen LogP contribution < -0.4 is 9.47 Å². The minimum Gasteiger partial charge on any atom is -0.497 e. The Labute approximate surface area is 196 Å². The topological polar surface area (TPSA) is 110 Å². The SMILES string of the molecule is COc1ccc(/C=C(/C(=C/c2ccc(OC(C)=O)cc2)N(C=O)C(C)=O)N(C=O)C(C)=O)cc1. The van der Waals surface area contributed by atoms with Crippen molar-refractivity contribution < 1.29 is 33.4 Å². The van der Waals surface area contributed by atoms with Crippen LogP contribution in [0.3, 0.4) is 0 Å². The molecule has 2 aromatic carbocycles. The zero-order valence-electron chi connectivity index (χ0n) is 19.2. The van der Waals surface area contributed by atoms with Gasteiger partial charge in [0.2, 0.25) is 24.6 Å². The number of hydrogen-bond donors (Lipinski definition) is 0. The maximum absolute atomic E-state index is 12.3. The van der Waals surface area contributed by atoms with E-state index in [0.29, 0.717) is 35.4 Å². The molecule has 0 aliphatic rings. The van der Waals surface area contributed by atoms with E-state index in [4.69, 9.17) is 9.47 Å². The minimum absolute atomic E-state index is 0.000899. The number of benzene rings is 2. The molecule has 9 nitrogen and oxygen atoms in total. The molecule has 0 bridgehead atoms. The zero-order chi connectivity index (χ0) is 25.3. The highest BCUT2D eigenvalue weighted by molar-refractivity contribution is 5.94. The Balaban J connectivity index is 2.73. The molecule has 9 heteroatoms. The first kappa shape index (κ1) is 25.7. The third kappa shape index (κ3) is 6.73. The van der Waals surface area contributed by atoms with E-state index in [0.717, 1.165) is 9.80 Å². The lowest BCUT2D eigenvalue weighted by Crippen LogP contribution is -2.35. The smallest absolute Gasteiger partial charge is 0.308 e. The molecule has 0 aliphatic heterocycles. The molecular formula is C25H24N2O7. The van der Waals surface area contributed by atoms with Crippen molar-refractivity contribution in [3.05, 3.63) is 71.1 Å². The Bertz CT molecular complexity index is 1130. The second-order valence-electron chi connectivity index (χ2n) is 6.98. The summed E-state index contributed by atoms with van der Waals surface area (Å²) in [7, 11) is 1.52. The van der Waals surface area contributed by atoms with Gasteiger partial charge in [-0.3, -0.25) is 33.8 Å². The summed E-state index contributed by atoms with van der Waals surface area (Å²) in [5.74, 6) is -0.842. The van der Waals surface area contributed by atoms with Crippen LogP contribution in [0, 0.1) is 0 Å². The van der Waals surface area contributed by atoms with Crippen LogP contribution in [0.5, 0.6) is 11.5 Å². The Kier molecular flexibility index (Phi) is 9.01. The number of rotatable bonds is 9. The summed E-state index contributed by atoms with van der Waals surface area (Å²) >= 11 is 0. The second-order valence-corrected chi connectivity index (χ2v) is 6.98. The fraction of sp³-hybridized carbons (Fsp3) is 0.160. The molecule has 176 valence electrons. The van der Waals surface area contributed by atoms with Crippen molar-refractivity contribution in [2.24, 2.45) is 0 Å². The van der Waals surface area contributed by atoms with Gasteiger partial charge in [0.1, 0.15) is 11.5 Å². The molecule has 2 rings (SSSR count). The number of methoxy groups -OCH3 is 1. The predicted molar refractivity (Wildman–Crippen MR) is 124 cm³/mol. The van der Waals surface area contributed by atoms with Crippen molar-refractivity contribution in [1.82, 2.24) is 9.80 Å². The molecule has 2 aromatic rings. The molecule has 0 aliphatic carbocycles. The van der Waals surface area contributed by atoms with Crippen molar-refractivity contribution in [1.29, 1.82) is 0 Å². The van der Waals surface area contributed by atoms with Gasteiger partial charge in [0.05, 0.1) is 18.5 Å². The highest BCUT2D eigenvalue weighted by Gasteiger charge is 2.24. The monoisotopic (exact) mass is 464 g/mol. The van der Waals surface area contributed by atoms with Crippen LogP contribution in [0.25, 0.3) is 12.2 Å². The molecule has 0 saturated carbocycles. The van der Waals surface area contributed by atoms with E-state index >= 15 is 0 Å². The number of carbonyl (C=O) groups is 5. The van der Waals surface area contributed by atoms with Gasteiger partial charge in [-0.1, -0.05) is 24.3 Å². The number of ether oxygens (including phenoxy) is 2. The molecule has 0 spiro atoms. The van der Waals surface area contributed by atoms with Crippen LogP contribution >= 0.6 is 0 Å². The van der Waals surface area contributed by atoms with E-state index in [9.17, 15) is 24.0 Å². The summed E-state index contributed by atoms with van der Waals surface area (Å²) < 4.78 is 10.2. The molecular weight excluding hydrogens is 440 g/mol. The number of amides is 4. The summed E-state index contributed by atoms with van der Waals surface area (Å²) in [6, 6.07) is 13.0. The summed E-state index contributed by atoms with van der Waals surface area (Å²) in [6.07, 6.45) is 3.56. The molecule has 0 radical (unpaired) electrons. The lowest BCUT2D eigenvalue weighted by atomic mass is 10.1. The van der Waals surface area contributed by atoms with Crippen LogP contribution in [0.15, 0.2) is 59.9 Å². The van der Waals surface area contributed by atoms with Gasteiger partial charge >= 0.3 is 5.97 Å². The molecule has 34 heavy (non-hydrogen) atoms. The molecule has 0 aromatic heterocycles. The van der Waals surface area contributed by atoms with Crippen LogP contribution in [-0.2, 0) is 24.0 Å². The van der Waals surface area contributed by atoms with Crippen molar-refractivity contribution in [3.63, 3.8) is 0 Å². The van der Waals surface area contributed by atoms with Gasteiger partial charge < -0.3 is 9.47 Å². The van der Waals surface area contributed by atoms with Gasteiger partial charge in [-0.05, 0) is 47.5 Å². The van der Waals surface area contributed by atoms with Crippen molar-refractivity contribution in [2.75, 3.05) is 7.11 Å². The van der Waals surface area contributed by atoms with Crippen LogP contribution in [0.4, 0.5) is 0 Å². The van der Waals surface area contributed by atoms with E-state index in [1.165, 1.54) is 52.2 Å². The van der Waals surface area contributed by atoms with E-state index in [2.05, 4.69) is 0 Å². The summed E-state index contributed by atoms with van der Waals surface area (Å²) in [5.41, 5.74) is 1.07. The van der Waals surface area contributed by atoms with Crippen LogP contribution in [-0.4, -0.2) is 47.5 Å². The first-order chi connectivity index (χ1) is 16.2. The van der Waals surface area contributed by atoms with Crippen molar-refractivity contribution >= 4 is 42.8 Å². The number of carbonyl (C=O) groups excluding carboxylic acids is 5. The van der Waals surface area contributed by atoms with Crippen LogP contribution in [0.1, 0.15) is 31.9 Å². The molecule has 0 unspecified atom stereocenters. The summed E-state index contributed by atoms with van der Waals surface area (Å²) in [6.45, 7) is 3.63. The normalized spacial score (nSPS) is 11.3. The zero-order valence-corrected chi connectivity index (χ0v) is 19.2. The van der Waals surface area contributed by atoms with Gasteiger partial charge in [-0.25, -0.2) is 0 Å². The fourth-order valence-corrected chi connectivity index (χ4v) is 2.95. The van der Waals surface area contributed by atoms with Crippen molar-refractivity contribution in [3.8, 4) is 11.5 Å². The Morgan fingerprint density at radius 2 is 1.06 bits per heavy atom. The van der Waals surface area contributed by atoms with Gasteiger partial charge in [-0.15, -0.1) is 0 Å². The van der Waals surface area contributed by atoms with E-state index in [1.54, 1.807) is 36.4 Å². The Morgan fingerprint density at radius 1 is 0.676 bits per heavy atom. The lowest BCUT2D eigenvalue weighted by Gasteiger charge is -2.25. The predicted octanol–water partition coefficient (Wildman–Crippen LogP) is 3.01. The van der Waals surface area contributed by atoms with E-state index in [-0.39, 0.29) is 11.4 Å². The maximum atomic E-state index is 12.3. The molecule has 0 heterocycles. The molecule has 0 fully saturated rings. The number of esters is 1. The number of hydrogen-bond acceptors (Lipinski definition) is 7. The fourth-order valence-electron chi connectivity index (χ4n) is 2.95. The third-order valence-electron chi connectivity index (χ3n) is 4.54. The highest BCUT2D eigenvalue weighted by atomic mass is 16.5. The minimum atomic E-state index is -0.632. The standard InChI is InChI=1S/C25H24N2O7/c1-17(30)26(15-28)24(13-20-5-9-22(33-4)10-6-20)25(27(16-29)18(2)31)14-21-7-11-23(12-8-21)34-19(3)32/h5-16H,1-4H3/b24-13-,25-14-. The molecule has 0 saturated heterocycles. The molecule has 0 atom stereocenters. The average molecular weight is 464 g/mol. The van der Waals surface area contributed by atoms with Gasteiger partial charge in [0.15, 0.2) is 0 Å². The Hall–Kier alpha value is -4.53. The first-order valence-electron chi connectivity index (χ1n) is 10.1. The quantitative estimate of drug-likeness (QED) is 0.243. The number of imide groups is 2. The average Bonchev–Trinajstić information content (AvgIpc) is 2.79.